The third kappa shape index (κ3) is 14.8. The molecule has 10 bridgehead atoms. The first kappa shape index (κ1) is 59.2. The molecule has 9 saturated carbocycles. The summed E-state index contributed by atoms with van der Waals surface area (Å²) in [5.41, 5.74) is 0. The van der Waals surface area contributed by atoms with Crippen LogP contribution in [0.5, 0.6) is 0 Å². The fourth-order valence-corrected chi connectivity index (χ4v) is 17.7. The highest BCUT2D eigenvalue weighted by atomic mass is 17.1. The summed E-state index contributed by atoms with van der Waals surface area (Å²) in [5.74, 6) is 19.2. The average Bonchev–Trinajstić information content (AvgIpc) is 4.34. The van der Waals surface area contributed by atoms with Crippen molar-refractivity contribution in [2.45, 2.75) is 128 Å². The molecule has 23 atom stereocenters. The van der Waals surface area contributed by atoms with Crippen LogP contribution in [-0.4, -0.2) is 23.4 Å². The summed E-state index contributed by atoms with van der Waals surface area (Å²) >= 11 is 0. The van der Waals surface area contributed by atoms with E-state index in [-0.39, 0.29) is 0 Å². The molecule has 14 aliphatic carbocycles. The minimum atomic E-state index is -0.690. The van der Waals surface area contributed by atoms with Gasteiger partial charge in [-0.3, -0.25) is 0 Å². The molecule has 0 amide bonds. The Kier molecular flexibility index (Phi) is 22.9. The van der Waals surface area contributed by atoms with Gasteiger partial charge >= 0.3 is 5.97 Å². The van der Waals surface area contributed by atoms with Gasteiger partial charge in [0.1, 0.15) is 0 Å². The van der Waals surface area contributed by atoms with Crippen molar-refractivity contribution in [3.8, 4) is 0 Å². The maximum Gasteiger partial charge on any atom is 0.339 e. The van der Waals surface area contributed by atoms with E-state index in [4.69, 9.17) is 9.99 Å². The largest absolute Gasteiger partial charge is 0.370 e. The van der Waals surface area contributed by atoms with Gasteiger partial charge < -0.3 is 9.62 Å². The van der Waals surface area contributed by atoms with Gasteiger partial charge in [-0.2, -0.15) is 5.26 Å². The van der Waals surface area contributed by atoms with Gasteiger partial charge in [-0.1, -0.05) is 154 Å². The van der Waals surface area contributed by atoms with Gasteiger partial charge in [0.05, 0.1) is 12.2 Å². The topological polar surface area (TPSA) is 59.1 Å². The molecular weight excluding hydrogens is 929 g/mol. The molecule has 1 saturated heterocycles. The molecule has 0 radical (unpaired) electrons. The predicted octanol–water partition coefficient (Wildman–Crippen LogP) is 18.5. The number of hydrogen-bond donors (Lipinski definition) is 1. The lowest BCUT2D eigenvalue weighted by molar-refractivity contribution is -0.231. The lowest BCUT2D eigenvalue weighted by Gasteiger charge is -2.36. The SMILES string of the molecule is C1=CCC=C1.C=CC1CC2C=CC1C2.C=CC1CC2C=CC1C2.C=CC1CC2CC1C1CC3OC3CC21.C=CC1CC2CC1C1CC=CCC21.C=CC1CC2CC1C1CC=CCC21.C=CC=C.C=CC=C.CC(=O)OO. The van der Waals surface area contributed by atoms with Crippen molar-refractivity contribution >= 4 is 5.97 Å². The number of fused-ring (bicyclic) bond motifs is 20. The van der Waals surface area contributed by atoms with Crippen molar-refractivity contribution in [3.63, 3.8) is 0 Å². The first-order chi connectivity index (χ1) is 37.1. The molecule has 412 valence electrons. The Morgan fingerprint density at radius 3 is 1.07 bits per heavy atom. The van der Waals surface area contributed by atoms with E-state index in [1.165, 1.54) is 103 Å². The van der Waals surface area contributed by atoms with Crippen LogP contribution in [0, 0.1) is 124 Å². The average molecular weight is 1030 g/mol. The van der Waals surface area contributed by atoms with Crippen LogP contribution in [0.15, 0.2) is 187 Å². The molecule has 15 aliphatic rings. The zero-order chi connectivity index (χ0) is 54.1. The first-order valence-electron chi connectivity index (χ1n) is 30.1. The molecule has 10 fully saturated rings. The number of carbonyl (C=O) groups excluding carboxylic acids is 1. The second-order valence-corrected chi connectivity index (χ2v) is 24.9. The van der Waals surface area contributed by atoms with E-state index in [0.717, 1.165) is 138 Å². The van der Waals surface area contributed by atoms with Crippen molar-refractivity contribution < 1.29 is 19.7 Å². The summed E-state index contributed by atoms with van der Waals surface area (Å²) in [4.78, 5) is 12.5. The standard InChI is InChI=1S/C13H18O.2C13H18.2C9H12.C5H6.2C4H6.C2H4O3/c1-2-7-3-8-4-9(7)11-6-13-12(14-13)5-10(8)11;2*1-2-9-7-10-8-13(9)12-6-4-3-5-11(10)12;2*1-2-8-5-7-3-4-9(8)6-7;1-2-4-5-3-1;2*1-3-4-2;1-2(3)5-4/h2,7-13H,1,3-6H2;2*2-4,9-13H,1,5-8H2;2*2-4,7-9H,1,5-6H2;1-4H,5H2;2*3-4H,1-2H2;4H,1H3. The van der Waals surface area contributed by atoms with E-state index in [1.807, 2.05) is 0 Å². The third-order valence-corrected chi connectivity index (χ3v) is 21.2. The van der Waals surface area contributed by atoms with Gasteiger partial charge in [0, 0.05) is 6.92 Å². The Morgan fingerprint density at radius 2 is 0.776 bits per heavy atom. The van der Waals surface area contributed by atoms with Crippen molar-refractivity contribution in [2.24, 2.45) is 124 Å². The van der Waals surface area contributed by atoms with Crippen LogP contribution in [0.1, 0.15) is 116 Å². The molecule has 0 spiro atoms. The number of hydrogen-bond acceptors (Lipinski definition) is 4. The highest BCUT2D eigenvalue weighted by molar-refractivity contribution is 5.64. The van der Waals surface area contributed by atoms with Gasteiger partial charge in [0.2, 0.25) is 0 Å². The van der Waals surface area contributed by atoms with Crippen molar-refractivity contribution in [3.05, 3.63) is 187 Å². The Labute approximate surface area is 462 Å². The zero-order valence-electron chi connectivity index (χ0n) is 47.0. The molecule has 76 heavy (non-hydrogen) atoms. The molecule has 0 aromatic rings. The van der Waals surface area contributed by atoms with Crippen LogP contribution >= 0.6 is 0 Å². The quantitative estimate of drug-likeness (QED) is 0.0908. The van der Waals surface area contributed by atoms with Crippen molar-refractivity contribution in [1.29, 1.82) is 0 Å². The lowest BCUT2D eigenvalue weighted by Crippen LogP contribution is -2.32. The molecule has 1 heterocycles. The van der Waals surface area contributed by atoms with Gasteiger partial charge in [-0.05, 0) is 233 Å². The highest BCUT2D eigenvalue weighted by Gasteiger charge is 2.59. The predicted molar refractivity (Wildman–Crippen MR) is 321 cm³/mol. The van der Waals surface area contributed by atoms with E-state index in [9.17, 15) is 4.79 Å². The van der Waals surface area contributed by atoms with Gasteiger partial charge in [0.25, 0.3) is 0 Å². The summed E-state index contributed by atoms with van der Waals surface area (Å²) < 4.78 is 5.68. The van der Waals surface area contributed by atoms with Crippen LogP contribution in [0.2, 0.25) is 0 Å². The van der Waals surface area contributed by atoms with E-state index in [1.54, 1.807) is 24.3 Å². The van der Waals surface area contributed by atoms with E-state index < -0.39 is 5.97 Å². The Bertz CT molecular complexity index is 2040. The molecule has 1 aliphatic heterocycles. The summed E-state index contributed by atoms with van der Waals surface area (Å²) in [6.45, 7) is 34.2. The van der Waals surface area contributed by atoms with Crippen LogP contribution in [-0.2, 0) is 14.4 Å². The molecular formula is C72H100O4. The molecule has 0 aromatic heterocycles. The third-order valence-electron chi connectivity index (χ3n) is 21.2. The molecule has 1 N–H and O–H groups in total. The number of carbonyl (C=O) groups is 1. The number of rotatable bonds is 7. The van der Waals surface area contributed by atoms with E-state index >= 15 is 0 Å². The van der Waals surface area contributed by atoms with Crippen molar-refractivity contribution in [2.75, 3.05) is 0 Å². The first-order valence-corrected chi connectivity index (χ1v) is 30.1. The van der Waals surface area contributed by atoms with Gasteiger partial charge in [0.15, 0.2) is 0 Å². The maximum absolute atomic E-state index is 9.34. The minimum absolute atomic E-state index is 0.668. The van der Waals surface area contributed by atoms with E-state index in [0.29, 0.717) is 12.2 Å². The fourth-order valence-electron chi connectivity index (χ4n) is 17.7. The van der Waals surface area contributed by atoms with Gasteiger partial charge in [-0.25, -0.2) is 4.79 Å². The molecule has 0 aromatic carbocycles. The highest BCUT2D eigenvalue weighted by Crippen LogP contribution is 2.63. The minimum Gasteiger partial charge on any atom is -0.370 e. The van der Waals surface area contributed by atoms with Crippen LogP contribution < -0.4 is 0 Å². The fraction of sp³-hybridized carbons (Fsp3) is 0.569. The van der Waals surface area contributed by atoms with Crippen molar-refractivity contribution in [1.82, 2.24) is 0 Å². The van der Waals surface area contributed by atoms with Crippen LogP contribution in [0.4, 0.5) is 0 Å². The number of allylic oxidation sites excluding steroid dienone is 21. The Hall–Kier alpha value is -4.51. The lowest BCUT2D eigenvalue weighted by atomic mass is 9.67. The monoisotopic (exact) mass is 1030 g/mol. The van der Waals surface area contributed by atoms with Gasteiger partial charge in [-0.15, -0.1) is 32.9 Å². The molecule has 23 unspecified atom stereocenters. The second kappa shape index (κ2) is 29.5. The summed E-state index contributed by atoms with van der Waals surface area (Å²) in [5, 5.41) is 7.29. The summed E-state index contributed by atoms with van der Waals surface area (Å²) in [6, 6.07) is 0. The zero-order valence-corrected chi connectivity index (χ0v) is 47.0. The second-order valence-electron chi connectivity index (χ2n) is 24.9. The molecule has 4 nitrogen and oxygen atoms in total. The van der Waals surface area contributed by atoms with Crippen LogP contribution in [0.3, 0.4) is 0 Å². The smallest absolute Gasteiger partial charge is 0.339 e. The molecule has 4 heteroatoms. The molecule has 15 rings (SSSR count). The normalized spacial score (nSPS) is 42.5. The van der Waals surface area contributed by atoms with Crippen LogP contribution in [0.25, 0.3) is 0 Å². The number of ether oxygens (including phenoxy) is 1. The van der Waals surface area contributed by atoms with E-state index in [2.05, 4.69) is 167 Å². The number of epoxide rings is 1. The summed E-state index contributed by atoms with van der Waals surface area (Å²) in [7, 11) is 0. The Balaban J connectivity index is 0.000000129. The maximum atomic E-state index is 9.34. The Morgan fingerprint density at radius 1 is 0.421 bits per heavy atom. The summed E-state index contributed by atoms with van der Waals surface area (Å²) in [6.07, 6.45) is 70.0.